The van der Waals surface area contributed by atoms with E-state index in [0.29, 0.717) is 11.3 Å². The normalized spacial score (nSPS) is 10.7. The van der Waals surface area contributed by atoms with Gasteiger partial charge in [0.1, 0.15) is 0 Å². The van der Waals surface area contributed by atoms with Gasteiger partial charge in [0, 0.05) is 17.5 Å². The Morgan fingerprint density at radius 2 is 1.79 bits per heavy atom. The van der Waals surface area contributed by atoms with E-state index < -0.39 is 17.5 Å². The number of hydrogen-bond acceptors (Lipinski definition) is 5. The van der Waals surface area contributed by atoms with Crippen molar-refractivity contribution in [3.8, 4) is 0 Å². The van der Waals surface area contributed by atoms with Crippen LogP contribution >= 0.6 is 0 Å². The number of ketones is 1. The van der Waals surface area contributed by atoms with E-state index in [0.717, 1.165) is 13.3 Å². The number of aliphatic carboxylic acids is 1. The van der Waals surface area contributed by atoms with Gasteiger partial charge in [0.25, 0.3) is 0 Å². The van der Waals surface area contributed by atoms with Gasteiger partial charge in [-0.05, 0) is 31.2 Å². The van der Waals surface area contributed by atoms with Crippen LogP contribution in [0.25, 0.3) is 0 Å². The molecule has 0 unspecified atom stereocenters. The maximum Gasteiger partial charge on any atom is 0.346 e. The molecule has 0 bridgehead atoms. The number of carboxylic acids is 1. The number of methoxy groups -OCH3 is 1. The Morgan fingerprint density at radius 3 is 2.21 bits per heavy atom. The molecule has 100 valence electrons. The Balaban J connectivity index is 2.86. The first kappa shape index (κ1) is 14.4. The standard InChI is InChI=1S/C13H13NO5/c1-8(15)9-3-5-10(6-4-9)14-7-11(12(16)17)13(18)19-2/h3-7,14H,1-2H3,(H,16,17). The van der Waals surface area contributed by atoms with Gasteiger partial charge < -0.3 is 15.2 Å². The first-order chi connectivity index (χ1) is 8.95. The van der Waals surface area contributed by atoms with Crippen molar-refractivity contribution in [1.82, 2.24) is 0 Å². The number of anilines is 1. The zero-order valence-corrected chi connectivity index (χ0v) is 10.5. The third-order valence-electron chi connectivity index (χ3n) is 2.31. The molecule has 6 nitrogen and oxygen atoms in total. The minimum absolute atomic E-state index is 0.0668. The maximum absolute atomic E-state index is 11.2. The molecule has 0 spiro atoms. The number of hydrogen-bond donors (Lipinski definition) is 2. The maximum atomic E-state index is 11.2. The molecule has 0 saturated heterocycles. The summed E-state index contributed by atoms with van der Waals surface area (Å²) in [6.45, 7) is 1.45. The largest absolute Gasteiger partial charge is 0.477 e. The van der Waals surface area contributed by atoms with E-state index >= 15 is 0 Å². The molecule has 0 radical (unpaired) electrons. The molecule has 19 heavy (non-hydrogen) atoms. The lowest BCUT2D eigenvalue weighted by atomic mass is 10.1. The molecule has 1 rings (SSSR count). The summed E-state index contributed by atoms with van der Waals surface area (Å²) in [5.74, 6) is -2.40. The van der Waals surface area contributed by atoms with E-state index in [4.69, 9.17) is 5.11 Å². The number of benzene rings is 1. The summed E-state index contributed by atoms with van der Waals surface area (Å²) >= 11 is 0. The SMILES string of the molecule is COC(=O)C(=CNc1ccc(C(C)=O)cc1)C(=O)O. The van der Waals surface area contributed by atoms with E-state index in [2.05, 4.69) is 10.1 Å². The highest BCUT2D eigenvalue weighted by molar-refractivity contribution is 6.13. The minimum Gasteiger partial charge on any atom is -0.477 e. The molecule has 6 heteroatoms. The van der Waals surface area contributed by atoms with Crippen molar-refractivity contribution in [2.75, 3.05) is 12.4 Å². The van der Waals surface area contributed by atoms with Crippen molar-refractivity contribution in [1.29, 1.82) is 0 Å². The average molecular weight is 263 g/mol. The first-order valence-electron chi connectivity index (χ1n) is 5.35. The van der Waals surface area contributed by atoms with Gasteiger partial charge in [0.15, 0.2) is 11.4 Å². The predicted molar refractivity (Wildman–Crippen MR) is 67.8 cm³/mol. The topological polar surface area (TPSA) is 92.7 Å². The Bertz CT molecular complexity index is 530. The summed E-state index contributed by atoms with van der Waals surface area (Å²) in [4.78, 5) is 33.0. The summed E-state index contributed by atoms with van der Waals surface area (Å²) in [6, 6.07) is 6.39. The fraction of sp³-hybridized carbons (Fsp3) is 0.154. The predicted octanol–water partition coefficient (Wildman–Crippen LogP) is 1.44. The summed E-state index contributed by atoms with van der Waals surface area (Å²) in [6.07, 6.45) is 1.04. The highest BCUT2D eigenvalue weighted by Crippen LogP contribution is 2.11. The average Bonchev–Trinajstić information content (AvgIpc) is 2.38. The lowest BCUT2D eigenvalue weighted by molar-refractivity contribution is -0.142. The van der Waals surface area contributed by atoms with Gasteiger partial charge >= 0.3 is 11.9 Å². The van der Waals surface area contributed by atoms with Crippen LogP contribution in [0, 0.1) is 0 Å². The van der Waals surface area contributed by atoms with Gasteiger partial charge in [-0.25, -0.2) is 9.59 Å². The molecular weight excluding hydrogens is 250 g/mol. The second-order valence-corrected chi connectivity index (χ2v) is 3.63. The number of carboxylic acid groups (broad SMARTS) is 1. The second-order valence-electron chi connectivity index (χ2n) is 3.63. The van der Waals surface area contributed by atoms with Gasteiger partial charge in [-0.3, -0.25) is 4.79 Å². The molecule has 0 aromatic heterocycles. The van der Waals surface area contributed by atoms with E-state index in [1.807, 2.05) is 0 Å². The molecule has 1 aromatic rings. The molecule has 0 fully saturated rings. The monoisotopic (exact) mass is 263 g/mol. The van der Waals surface area contributed by atoms with Gasteiger partial charge in [0.05, 0.1) is 7.11 Å². The number of ether oxygens (including phenoxy) is 1. The van der Waals surface area contributed by atoms with Crippen LogP contribution in [0.4, 0.5) is 5.69 Å². The quantitative estimate of drug-likeness (QED) is 0.274. The molecule has 1 aromatic carbocycles. The van der Waals surface area contributed by atoms with Crippen LogP contribution in [0.1, 0.15) is 17.3 Å². The highest BCUT2D eigenvalue weighted by atomic mass is 16.5. The van der Waals surface area contributed by atoms with Gasteiger partial charge in [-0.15, -0.1) is 0 Å². The zero-order chi connectivity index (χ0) is 14.4. The minimum atomic E-state index is -1.39. The fourth-order valence-electron chi connectivity index (χ4n) is 1.27. The lowest BCUT2D eigenvalue weighted by Crippen LogP contribution is -2.15. The Kier molecular flexibility index (Phi) is 4.82. The fourth-order valence-corrected chi connectivity index (χ4v) is 1.27. The van der Waals surface area contributed by atoms with Crippen LogP contribution in [-0.2, 0) is 14.3 Å². The number of Topliss-reactive ketones (excluding diaryl/α,β-unsaturated/α-hetero) is 1. The lowest BCUT2D eigenvalue weighted by Gasteiger charge is -2.04. The molecule has 2 N–H and O–H groups in total. The molecule has 0 atom stereocenters. The van der Waals surface area contributed by atoms with Crippen LogP contribution in [0.3, 0.4) is 0 Å². The van der Waals surface area contributed by atoms with Crippen molar-refractivity contribution < 1.29 is 24.2 Å². The van der Waals surface area contributed by atoms with Gasteiger partial charge in [-0.2, -0.15) is 0 Å². The smallest absolute Gasteiger partial charge is 0.346 e. The highest BCUT2D eigenvalue weighted by Gasteiger charge is 2.17. The summed E-state index contributed by atoms with van der Waals surface area (Å²) in [7, 11) is 1.10. The van der Waals surface area contributed by atoms with Crippen molar-refractivity contribution in [2.45, 2.75) is 6.92 Å². The van der Waals surface area contributed by atoms with Crippen LogP contribution in [-0.4, -0.2) is 29.9 Å². The van der Waals surface area contributed by atoms with Crippen molar-refractivity contribution in [3.63, 3.8) is 0 Å². The Labute approximate surface area is 109 Å². The Morgan fingerprint density at radius 1 is 1.21 bits per heavy atom. The molecule has 0 aliphatic rings. The van der Waals surface area contributed by atoms with E-state index in [-0.39, 0.29) is 5.78 Å². The van der Waals surface area contributed by atoms with E-state index in [9.17, 15) is 14.4 Å². The number of nitrogens with one attached hydrogen (secondary N) is 1. The summed E-state index contributed by atoms with van der Waals surface area (Å²) in [5, 5.41) is 11.5. The zero-order valence-electron chi connectivity index (χ0n) is 10.5. The number of rotatable bonds is 5. The van der Waals surface area contributed by atoms with E-state index in [1.165, 1.54) is 6.92 Å². The van der Waals surface area contributed by atoms with Crippen LogP contribution in [0.5, 0.6) is 0 Å². The van der Waals surface area contributed by atoms with Crippen LogP contribution < -0.4 is 5.32 Å². The van der Waals surface area contributed by atoms with Crippen molar-refractivity contribution in [3.05, 3.63) is 41.6 Å². The molecule has 0 aliphatic heterocycles. The first-order valence-corrected chi connectivity index (χ1v) is 5.35. The summed E-state index contributed by atoms with van der Waals surface area (Å²) < 4.78 is 4.34. The van der Waals surface area contributed by atoms with Crippen LogP contribution in [0.2, 0.25) is 0 Å². The van der Waals surface area contributed by atoms with Crippen molar-refractivity contribution >= 4 is 23.4 Å². The molecule has 0 heterocycles. The van der Waals surface area contributed by atoms with Gasteiger partial charge in [-0.1, -0.05) is 0 Å². The number of carbonyl (C=O) groups excluding carboxylic acids is 2. The summed E-state index contributed by atoms with van der Waals surface area (Å²) in [5.41, 5.74) is 0.576. The second kappa shape index (κ2) is 6.34. The molecule has 0 amide bonds. The van der Waals surface area contributed by atoms with Crippen molar-refractivity contribution in [2.24, 2.45) is 0 Å². The molecular formula is C13H13NO5. The third-order valence-corrected chi connectivity index (χ3v) is 2.31. The number of carbonyl (C=O) groups is 3. The number of esters is 1. The van der Waals surface area contributed by atoms with Gasteiger partial charge in [0.2, 0.25) is 0 Å². The van der Waals surface area contributed by atoms with Crippen LogP contribution in [0.15, 0.2) is 36.0 Å². The molecule has 0 aliphatic carbocycles. The molecule has 0 saturated carbocycles. The third kappa shape index (κ3) is 3.95. The Hall–Kier alpha value is -2.63. The van der Waals surface area contributed by atoms with E-state index in [1.54, 1.807) is 24.3 Å².